The fourth-order valence-electron chi connectivity index (χ4n) is 2.33. The molecule has 0 aromatic carbocycles. The number of anilines is 1. The molecule has 1 aliphatic rings. The number of hydrogen-bond acceptors (Lipinski definition) is 3. The van der Waals surface area contributed by atoms with E-state index in [1.165, 1.54) is 18.5 Å². The summed E-state index contributed by atoms with van der Waals surface area (Å²) in [4.78, 5) is 9.45. The second-order valence-corrected chi connectivity index (χ2v) is 5.31. The van der Waals surface area contributed by atoms with Gasteiger partial charge in [-0.3, -0.25) is 0 Å². The highest BCUT2D eigenvalue weighted by Gasteiger charge is 2.16. The van der Waals surface area contributed by atoms with E-state index >= 15 is 0 Å². The van der Waals surface area contributed by atoms with E-state index in [1.807, 2.05) is 12.3 Å². The number of hydrogen-bond donors (Lipinski definition) is 0. The summed E-state index contributed by atoms with van der Waals surface area (Å²) < 4.78 is 0. The van der Waals surface area contributed by atoms with Crippen molar-refractivity contribution < 1.29 is 0 Å². The van der Waals surface area contributed by atoms with Crippen LogP contribution in [-0.2, 0) is 0 Å². The summed E-state index contributed by atoms with van der Waals surface area (Å²) in [6, 6.07) is 4.15. The molecule has 2 rings (SSSR count). The molecule has 1 aliphatic heterocycles. The van der Waals surface area contributed by atoms with Gasteiger partial charge in [-0.15, -0.1) is 0 Å². The third-order valence-corrected chi connectivity index (χ3v) is 3.63. The number of aryl methyl sites for hydroxylation is 1. The first kappa shape index (κ1) is 12.8. The highest BCUT2D eigenvalue weighted by atomic mass is 79.9. The van der Waals surface area contributed by atoms with Crippen LogP contribution in [0.1, 0.15) is 12.0 Å². The van der Waals surface area contributed by atoms with Gasteiger partial charge in [-0.25, -0.2) is 4.98 Å². The maximum Gasteiger partial charge on any atom is 0.131 e. The molecule has 0 unspecified atom stereocenters. The molecule has 0 N–H and O–H groups in total. The topological polar surface area (TPSA) is 19.4 Å². The average molecular weight is 298 g/mol. The van der Waals surface area contributed by atoms with Crippen molar-refractivity contribution in [2.75, 3.05) is 43.0 Å². The summed E-state index contributed by atoms with van der Waals surface area (Å²) in [6.45, 7) is 7.84. The van der Waals surface area contributed by atoms with Crippen molar-refractivity contribution in [3.05, 3.63) is 23.9 Å². The van der Waals surface area contributed by atoms with Crippen LogP contribution in [0.3, 0.4) is 0 Å². The van der Waals surface area contributed by atoms with Gasteiger partial charge in [0.25, 0.3) is 0 Å². The van der Waals surface area contributed by atoms with Crippen molar-refractivity contribution >= 4 is 21.7 Å². The molecular formula is C13H20BrN3. The summed E-state index contributed by atoms with van der Waals surface area (Å²) in [5.74, 6) is 1.16. The summed E-state index contributed by atoms with van der Waals surface area (Å²) in [7, 11) is 0. The first-order valence-corrected chi connectivity index (χ1v) is 7.38. The van der Waals surface area contributed by atoms with Gasteiger partial charge in [0.2, 0.25) is 0 Å². The van der Waals surface area contributed by atoms with Crippen molar-refractivity contribution in [2.45, 2.75) is 13.3 Å². The molecule has 0 spiro atoms. The molecule has 0 amide bonds. The predicted molar refractivity (Wildman–Crippen MR) is 76.0 cm³/mol. The van der Waals surface area contributed by atoms with Gasteiger partial charge in [-0.2, -0.15) is 0 Å². The van der Waals surface area contributed by atoms with E-state index in [4.69, 9.17) is 0 Å². The van der Waals surface area contributed by atoms with Crippen LogP contribution in [0.4, 0.5) is 5.82 Å². The number of pyridine rings is 1. The fraction of sp³-hybridized carbons (Fsp3) is 0.615. The molecule has 1 saturated heterocycles. The van der Waals surface area contributed by atoms with Crippen LogP contribution in [0.2, 0.25) is 0 Å². The highest BCUT2D eigenvalue weighted by molar-refractivity contribution is 9.09. The van der Waals surface area contributed by atoms with Crippen LogP contribution < -0.4 is 4.90 Å². The van der Waals surface area contributed by atoms with E-state index < -0.39 is 0 Å². The SMILES string of the molecule is Cc1cccnc1N1CCCN(CCBr)CC1. The normalized spacial score (nSPS) is 18.1. The summed E-state index contributed by atoms with van der Waals surface area (Å²) in [5, 5.41) is 1.07. The molecule has 1 aromatic heterocycles. The number of halogens is 1. The van der Waals surface area contributed by atoms with Gasteiger partial charge in [0, 0.05) is 37.7 Å². The Balaban J connectivity index is 2.01. The van der Waals surface area contributed by atoms with Crippen LogP contribution in [0.25, 0.3) is 0 Å². The molecule has 2 heterocycles. The Labute approximate surface area is 112 Å². The van der Waals surface area contributed by atoms with E-state index in [0.29, 0.717) is 0 Å². The van der Waals surface area contributed by atoms with Crippen molar-refractivity contribution in [2.24, 2.45) is 0 Å². The van der Waals surface area contributed by atoms with E-state index in [1.54, 1.807) is 0 Å². The quantitative estimate of drug-likeness (QED) is 0.798. The van der Waals surface area contributed by atoms with Crippen LogP contribution in [0, 0.1) is 6.92 Å². The van der Waals surface area contributed by atoms with Crippen LogP contribution in [0.15, 0.2) is 18.3 Å². The first-order chi connectivity index (χ1) is 8.31. The Bertz CT molecular complexity index is 356. The van der Waals surface area contributed by atoms with E-state index in [9.17, 15) is 0 Å². The van der Waals surface area contributed by atoms with Crippen molar-refractivity contribution in [3.8, 4) is 0 Å². The molecule has 1 fully saturated rings. The van der Waals surface area contributed by atoms with E-state index in [-0.39, 0.29) is 0 Å². The lowest BCUT2D eigenvalue weighted by Gasteiger charge is -2.23. The van der Waals surface area contributed by atoms with Gasteiger partial charge in [-0.05, 0) is 31.5 Å². The average Bonchev–Trinajstić information content (AvgIpc) is 2.56. The van der Waals surface area contributed by atoms with E-state index in [0.717, 1.165) is 37.3 Å². The lowest BCUT2D eigenvalue weighted by molar-refractivity contribution is 0.313. The molecular weight excluding hydrogens is 278 g/mol. The zero-order chi connectivity index (χ0) is 12.1. The molecule has 17 heavy (non-hydrogen) atoms. The summed E-state index contributed by atoms with van der Waals surface area (Å²) in [5.41, 5.74) is 1.28. The monoisotopic (exact) mass is 297 g/mol. The maximum absolute atomic E-state index is 4.51. The molecule has 0 radical (unpaired) electrons. The molecule has 4 heteroatoms. The summed E-state index contributed by atoms with van der Waals surface area (Å²) in [6.07, 6.45) is 3.12. The number of aromatic nitrogens is 1. The zero-order valence-corrected chi connectivity index (χ0v) is 12.0. The molecule has 0 aliphatic carbocycles. The van der Waals surface area contributed by atoms with Gasteiger partial charge in [0.1, 0.15) is 5.82 Å². The predicted octanol–water partition coefficient (Wildman–Crippen LogP) is 2.30. The minimum atomic E-state index is 1.07. The van der Waals surface area contributed by atoms with Crippen LogP contribution >= 0.6 is 15.9 Å². The van der Waals surface area contributed by atoms with Crippen molar-refractivity contribution in [1.29, 1.82) is 0 Å². The maximum atomic E-state index is 4.51. The lowest BCUT2D eigenvalue weighted by atomic mass is 10.2. The fourth-order valence-corrected chi connectivity index (χ4v) is 2.84. The third-order valence-electron chi connectivity index (χ3n) is 3.27. The van der Waals surface area contributed by atoms with Crippen molar-refractivity contribution in [1.82, 2.24) is 9.88 Å². The minimum absolute atomic E-state index is 1.07. The first-order valence-electron chi connectivity index (χ1n) is 6.26. The van der Waals surface area contributed by atoms with Crippen LogP contribution in [0.5, 0.6) is 0 Å². The second kappa shape index (κ2) is 6.36. The van der Waals surface area contributed by atoms with Gasteiger partial charge in [-0.1, -0.05) is 22.0 Å². The summed E-state index contributed by atoms with van der Waals surface area (Å²) >= 11 is 3.51. The lowest BCUT2D eigenvalue weighted by Crippen LogP contribution is -2.32. The van der Waals surface area contributed by atoms with Gasteiger partial charge < -0.3 is 9.80 Å². The Morgan fingerprint density at radius 2 is 2.18 bits per heavy atom. The zero-order valence-electron chi connectivity index (χ0n) is 10.4. The molecule has 3 nitrogen and oxygen atoms in total. The Morgan fingerprint density at radius 3 is 2.94 bits per heavy atom. The molecule has 0 atom stereocenters. The minimum Gasteiger partial charge on any atom is -0.355 e. The number of alkyl halides is 1. The van der Waals surface area contributed by atoms with Gasteiger partial charge in [0.15, 0.2) is 0 Å². The second-order valence-electron chi connectivity index (χ2n) is 4.52. The van der Waals surface area contributed by atoms with Gasteiger partial charge in [0.05, 0.1) is 0 Å². The number of rotatable bonds is 3. The molecule has 1 aromatic rings. The Morgan fingerprint density at radius 1 is 1.29 bits per heavy atom. The Kier molecular flexibility index (Phi) is 4.80. The molecule has 0 bridgehead atoms. The molecule has 94 valence electrons. The third kappa shape index (κ3) is 3.42. The number of nitrogens with zero attached hydrogens (tertiary/aromatic N) is 3. The standard InChI is InChI=1S/C13H20BrN3/c1-12-4-2-6-15-13(12)17-8-3-7-16(9-5-14)10-11-17/h2,4,6H,3,5,7-11H2,1H3. The largest absolute Gasteiger partial charge is 0.355 e. The van der Waals surface area contributed by atoms with Crippen LogP contribution in [-0.4, -0.2) is 47.9 Å². The smallest absolute Gasteiger partial charge is 0.131 e. The molecule has 0 saturated carbocycles. The Hall–Kier alpha value is -0.610. The van der Waals surface area contributed by atoms with Crippen molar-refractivity contribution in [3.63, 3.8) is 0 Å². The van der Waals surface area contributed by atoms with E-state index in [2.05, 4.69) is 43.7 Å². The van der Waals surface area contributed by atoms with Gasteiger partial charge >= 0.3 is 0 Å². The highest BCUT2D eigenvalue weighted by Crippen LogP contribution is 2.17.